The molecule has 330 valence electrons. The number of likely N-dealkylation sites (N-methyl/N-ethyl adjacent to an activating group) is 1. The summed E-state index contributed by atoms with van der Waals surface area (Å²) in [4.78, 5) is 48.6. The lowest BCUT2D eigenvalue weighted by Crippen LogP contribution is -2.66. The van der Waals surface area contributed by atoms with Crippen molar-refractivity contribution >= 4 is 17.7 Å². The molecule has 1 aromatic rings. The van der Waals surface area contributed by atoms with Crippen molar-refractivity contribution < 1.29 is 34.1 Å². The summed E-state index contributed by atoms with van der Waals surface area (Å²) in [6.45, 7) is 23.9. The van der Waals surface area contributed by atoms with Gasteiger partial charge in [-0.2, -0.15) is 0 Å². The highest BCUT2D eigenvalue weighted by molar-refractivity contribution is 6.00. The maximum atomic E-state index is 14.4. The number of ketones is 1. The molecular formula is C49H77N3O7. The zero-order valence-electron chi connectivity index (χ0n) is 38.4. The minimum Gasteiger partial charge on any atom is -0.481 e. The van der Waals surface area contributed by atoms with E-state index in [1.54, 1.807) is 21.0 Å². The Kier molecular flexibility index (Phi) is 13.1. The van der Waals surface area contributed by atoms with Gasteiger partial charge in [-0.3, -0.25) is 24.3 Å². The molecule has 0 bridgehead atoms. The van der Waals surface area contributed by atoms with Crippen LogP contribution in [0.3, 0.4) is 0 Å². The second-order valence-corrected chi connectivity index (χ2v) is 21.9. The van der Waals surface area contributed by atoms with E-state index >= 15 is 0 Å². The van der Waals surface area contributed by atoms with Crippen LogP contribution in [0, 0.1) is 56.2 Å². The summed E-state index contributed by atoms with van der Waals surface area (Å²) in [5.74, 6) is -0.0378. The topological polar surface area (TPSA) is 130 Å². The van der Waals surface area contributed by atoms with Crippen molar-refractivity contribution in [1.29, 1.82) is 0 Å². The van der Waals surface area contributed by atoms with Gasteiger partial charge >= 0.3 is 11.9 Å². The van der Waals surface area contributed by atoms with Crippen LogP contribution in [-0.4, -0.2) is 102 Å². The van der Waals surface area contributed by atoms with Gasteiger partial charge in [0.05, 0.1) is 30.2 Å². The Morgan fingerprint density at radius 1 is 0.949 bits per heavy atom. The highest BCUT2D eigenvalue weighted by atomic mass is 16.5. The second kappa shape index (κ2) is 16.9. The smallest absolute Gasteiger partial charge is 0.309 e. The van der Waals surface area contributed by atoms with E-state index in [-0.39, 0.29) is 51.8 Å². The largest absolute Gasteiger partial charge is 0.481 e. The van der Waals surface area contributed by atoms with Crippen molar-refractivity contribution in [3.63, 3.8) is 0 Å². The molecule has 10 heteroatoms. The number of hydrogen-bond acceptors (Lipinski definition) is 9. The maximum absolute atomic E-state index is 14.4. The third-order valence-electron chi connectivity index (χ3n) is 17.5. The standard InChI is InChI=1S/C49H77N3O7/c1-32(2)41-35(53)28-49(38(54)31-52(25-24-51(10)26-27-58-11)30-33-14-12-13-23-50-33)22-21-47(8)34(42(41)49)15-16-37-46(7)19-18-39(59-40(55)29-44(3,4)43(56)57)45(5,6)36(46)17-20-48(37,47)9/h12-14,23,32,34,36-39,54H,15-22,24-31H2,1-11H3,(H,56,57)/t34-,36+,37-,38+,39+,46+,47-,48-,49+/m1/s1. The molecule has 10 nitrogen and oxygen atoms in total. The van der Waals surface area contributed by atoms with E-state index in [4.69, 9.17) is 9.47 Å². The van der Waals surface area contributed by atoms with Crippen LogP contribution in [0.5, 0.6) is 0 Å². The van der Waals surface area contributed by atoms with Gasteiger partial charge in [-0.1, -0.05) is 60.1 Å². The molecule has 0 amide bonds. The van der Waals surface area contributed by atoms with Crippen molar-refractivity contribution in [1.82, 2.24) is 14.8 Å². The molecule has 4 fully saturated rings. The lowest BCUT2D eigenvalue weighted by molar-refractivity contribution is -0.235. The fourth-order valence-electron chi connectivity index (χ4n) is 14.0. The minimum atomic E-state index is -1.17. The molecule has 0 aromatic carbocycles. The lowest BCUT2D eigenvalue weighted by Gasteiger charge is -2.72. The van der Waals surface area contributed by atoms with Gasteiger partial charge in [0.1, 0.15) is 6.10 Å². The fourth-order valence-corrected chi connectivity index (χ4v) is 14.0. The van der Waals surface area contributed by atoms with E-state index in [2.05, 4.69) is 76.4 Å². The number of ether oxygens (including phenoxy) is 2. The van der Waals surface area contributed by atoms with E-state index in [0.717, 1.165) is 82.3 Å². The van der Waals surface area contributed by atoms with Crippen LogP contribution in [0.2, 0.25) is 0 Å². The third-order valence-corrected chi connectivity index (χ3v) is 17.5. The molecule has 1 aromatic heterocycles. The Hall–Kier alpha value is -2.66. The van der Waals surface area contributed by atoms with Crippen molar-refractivity contribution in [2.24, 2.45) is 56.2 Å². The number of aliphatic carboxylic acids is 1. The third kappa shape index (κ3) is 8.11. The Morgan fingerprint density at radius 2 is 1.68 bits per heavy atom. The molecule has 0 unspecified atom stereocenters. The predicted octanol–water partition coefficient (Wildman–Crippen LogP) is 8.22. The van der Waals surface area contributed by atoms with Gasteiger partial charge in [0.25, 0.3) is 0 Å². The monoisotopic (exact) mass is 820 g/mol. The molecule has 0 saturated heterocycles. The minimum absolute atomic E-state index is 0.0297. The summed E-state index contributed by atoms with van der Waals surface area (Å²) >= 11 is 0. The van der Waals surface area contributed by atoms with Crippen molar-refractivity contribution in [2.75, 3.05) is 46.9 Å². The Balaban J connectivity index is 1.27. The number of esters is 1. The van der Waals surface area contributed by atoms with Crippen LogP contribution in [0.25, 0.3) is 0 Å². The second-order valence-electron chi connectivity index (χ2n) is 21.9. The van der Waals surface area contributed by atoms with Crippen LogP contribution in [0.4, 0.5) is 0 Å². The molecule has 1 heterocycles. The summed E-state index contributed by atoms with van der Waals surface area (Å²) in [6.07, 6.45) is 8.88. The molecule has 0 spiro atoms. The number of carboxylic acid groups (broad SMARTS) is 1. The molecule has 4 saturated carbocycles. The number of rotatable bonds is 16. The number of carbonyl (C=O) groups is 3. The van der Waals surface area contributed by atoms with Gasteiger partial charge in [0.2, 0.25) is 0 Å². The zero-order valence-corrected chi connectivity index (χ0v) is 38.4. The number of aliphatic hydroxyl groups excluding tert-OH is 1. The van der Waals surface area contributed by atoms with Gasteiger partial charge in [-0.25, -0.2) is 0 Å². The summed E-state index contributed by atoms with van der Waals surface area (Å²) in [5.41, 5.74) is 1.29. The number of aliphatic hydroxyl groups is 1. The number of Topliss-reactive ketones (excluding diaryl/α,β-unsaturated/α-hetero) is 1. The quantitative estimate of drug-likeness (QED) is 0.158. The van der Waals surface area contributed by atoms with Crippen LogP contribution in [-0.2, 0) is 30.4 Å². The molecule has 0 aliphatic heterocycles. The molecule has 2 N–H and O–H groups in total. The maximum Gasteiger partial charge on any atom is 0.309 e. The molecule has 9 atom stereocenters. The summed E-state index contributed by atoms with van der Waals surface area (Å²) in [7, 11) is 3.84. The van der Waals surface area contributed by atoms with Gasteiger partial charge in [0.15, 0.2) is 5.78 Å². The predicted molar refractivity (Wildman–Crippen MR) is 230 cm³/mol. The van der Waals surface area contributed by atoms with E-state index in [0.29, 0.717) is 38.0 Å². The number of aromatic nitrogens is 1. The number of allylic oxidation sites excluding steroid dienone is 1. The molecule has 0 radical (unpaired) electrons. The van der Waals surface area contributed by atoms with Crippen LogP contribution < -0.4 is 0 Å². The van der Waals surface area contributed by atoms with Crippen molar-refractivity contribution in [3.05, 3.63) is 41.2 Å². The molecule has 5 aliphatic carbocycles. The average molecular weight is 820 g/mol. The SMILES string of the molecule is COCCN(C)CCN(Cc1ccccn1)C[C@H](O)[C@@]12CC[C@]3(C)[C@H](CC[C@@H]4[C@@]5(C)CC[C@H](OC(=O)CC(C)(C)C(=O)O)C(C)(C)[C@@H]5CC[C@]43C)C1=C(C(C)C)C(=O)C2. The summed E-state index contributed by atoms with van der Waals surface area (Å²) in [5, 5.41) is 22.4. The van der Waals surface area contributed by atoms with E-state index < -0.39 is 28.9 Å². The van der Waals surface area contributed by atoms with Crippen LogP contribution in [0.1, 0.15) is 132 Å². The summed E-state index contributed by atoms with van der Waals surface area (Å²) < 4.78 is 11.5. The Morgan fingerprint density at radius 3 is 2.32 bits per heavy atom. The summed E-state index contributed by atoms with van der Waals surface area (Å²) in [6, 6.07) is 6.01. The van der Waals surface area contributed by atoms with Crippen LogP contribution >= 0.6 is 0 Å². The first-order valence-electron chi connectivity index (χ1n) is 22.8. The van der Waals surface area contributed by atoms with Crippen molar-refractivity contribution in [2.45, 2.75) is 145 Å². The average Bonchev–Trinajstić information content (AvgIpc) is 3.48. The normalized spacial score (nSPS) is 34.7. The first kappa shape index (κ1) is 45.9. The van der Waals surface area contributed by atoms with Gasteiger partial charge in [-0.05, 0) is 130 Å². The number of carbonyl (C=O) groups excluding carboxylic acids is 2. The number of carboxylic acids is 1. The first-order chi connectivity index (χ1) is 27.6. The van der Waals surface area contributed by atoms with Crippen LogP contribution in [0.15, 0.2) is 35.5 Å². The van der Waals surface area contributed by atoms with E-state index in [1.165, 1.54) is 5.57 Å². The molecular weight excluding hydrogens is 743 g/mol. The fraction of sp³-hybridized carbons (Fsp3) is 0.796. The first-order valence-corrected chi connectivity index (χ1v) is 22.8. The zero-order chi connectivity index (χ0) is 43.3. The number of nitrogens with zero attached hydrogens (tertiary/aromatic N) is 3. The highest BCUT2D eigenvalue weighted by Gasteiger charge is 2.71. The number of fused-ring (bicyclic) bond motifs is 7. The molecule has 59 heavy (non-hydrogen) atoms. The van der Waals surface area contributed by atoms with Gasteiger partial charge in [0, 0.05) is 63.3 Å². The number of pyridine rings is 1. The number of hydrogen-bond donors (Lipinski definition) is 2. The lowest BCUT2D eigenvalue weighted by atomic mass is 9.33. The molecule has 6 rings (SSSR count). The van der Waals surface area contributed by atoms with Gasteiger partial charge in [-0.15, -0.1) is 0 Å². The van der Waals surface area contributed by atoms with E-state index in [1.807, 2.05) is 18.3 Å². The van der Waals surface area contributed by atoms with Crippen molar-refractivity contribution in [3.8, 4) is 0 Å². The highest BCUT2D eigenvalue weighted by Crippen LogP contribution is 2.77. The Bertz CT molecular complexity index is 1740. The van der Waals surface area contributed by atoms with Gasteiger partial charge < -0.3 is 24.6 Å². The number of methoxy groups -OCH3 is 1. The van der Waals surface area contributed by atoms with E-state index in [9.17, 15) is 24.6 Å². The Labute approximate surface area is 355 Å². The molecule has 5 aliphatic rings.